The van der Waals surface area contributed by atoms with E-state index in [-0.39, 0.29) is 5.97 Å². The number of hydrogen-bond donors (Lipinski definition) is 1. The predicted octanol–water partition coefficient (Wildman–Crippen LogP) is 1.01. The SMILES string of the molecule is CNC(CN1CCCC1C)(C(=O)OC)C1CC1. The van der Waals surface area contributed by atoms with E-state index >= 15 is 0 Å². The average Bonchev–Trinajstić information content (AvgIpc) is 3.11. The number of hydrogen-bond acceptors (Lipinski definition) is 4. The van der Waals surface area contributed by atoms with Crippen molar-refractivity contribution in [2.75, 3.05) is 27.2 Å². The third kappa shape index (κ3) is 2.33. The van der Waals surface area contributed by atoms with Crippen LogP contribution in [-0.2, 0) is 9.53 Å². The Bertz CT molecular complexity index is 291. The highest BCUT2D eigenvalue weighted by molar-refractivity contribution is 5.82. The lowest BCUT2D eigenvalue weighted by Gasteiger charge is -2.36. The van der Waals surface area contributed by atoms with Crippen molar-refractivity contribution in [1.29, 1.82) is 0 Å². The van der Waals surface area contributed by atoms with Gasteiger partial charge in [0.1, 0.15) is 5.54 Å². The van der Waals surface area contributed by atoms with Crippen LogP contribution in [0.1, 0.15) is 32.6 Å². The lowest BCUT2D eigenvalue weighted by Crippen LogP contribution is -2.60. The average molecular weight is 240 g/mol. The van der Waals surface area contributed by atoms with Gasteiger partial charge in [0, 0.05) is 12.6 Å². The minimum Gasteiger partial charge on any atom is -0.468 e. The van der Waals surface area contributed by atoms with Gasteiger partial charge in [-0.3, -0.25) is 4.90 Å². The van der Waals surface area contributed by atoms with Crippen LogP contribution in [0.4, 0.5) is 0 Å². The zero-order valence-electron chi connectivity index (χ0n) is 11.2. The molecule has 2 aliphatic rings. The summed E-state index contributed by atoms with van der Waals surface area (Å²) in [5, 5.41) is 3.26. The number of likely N-dealkylation sites (N-methyl/N-ethyl adjacent to an activating group) is 1. The van der Waals surface area contributed by atoms with E-state index in [1.807, 2.05) is 7.05 Å². The smallest absolute Gasteiger partial charge is 0.327 e. The van der Waals surface area contributed by atoms with Gasteiger partial charge in [-0.1, -0.05) is 0 Å². The van der Waals surface area contributed by atoms with Gasteiger partial charge < -0.3 is 10.1 Å². The zero-order chi connectivity index (χ0) is 12.5. The van der Waals surface area contributed by atoms with Gasteiger partial charge in [-0.25, -0.2) is 4.79 Å². The molecule has 1 saturated heterocycles. The first-order valence-corrected chi connectivity index (χ1v) is 6.65. The molecule has 1 saturated carbocycles. The number of methoxy groups -OCH3 is 1. The molecule has 0 aromatic heterocycles. The fourth-order valence-electron chi connectivity index (χ4n) is 3.05. The van der Waals surface area contributed by atoms with E-state index in [0.29, 0.717) is 12.0 Å². The molecule has 2 fully saturated rings. The summed E-state index contributed by atoms with van der Waals surface area (Å²) < 4.78 is 5.03. The maximum absolute atomic E-state index is 12.1. The van der Waals surface area contributed by atoms with E-state index in [1.54, 1.807) is 0 Å². The zero-order valence-corrected chi connectivity index (χ0v) is 11.2. The second kappa shape index (κ2) is 4.94. The number of esters is 1. The Morgan fingerprint density at radius 3 is 2.59 bits per heavy atom. The van der Waals surface area contributed by atoms with E-state index in [1.165, 1.54) is 20.0 Å². The number of rotatable bonds is 5. The molecular weight excluding hydrogens is 216 g/mol. The highest BCUT2D eigenvalue weighted by Gasteiger charge is 2.52. The summed E-state index contributed by atoms with van der Waals surface area (Å²) in [5.41, 5.74) is -0.479. The van der Waals surface area contributed by atoms with Crippen molar-refractivity contribution in [3.8, 4) is 0 Å². The quantitative estimate of drug-likeness (QED) is 0.728. The first-order chi connectivity index (χ1) is 8.14. The van der Waals surface area contributed by atoms with Crippen LogP contribution in [0.2, 0.25) is 0 Å². The molecule has 17 heavy (non-hydrogen) atoms. The van der Waals surface area contributed by atoms with Crippen molar-refractivity contribution in [1.82, 2.24) is 10.2 Å². The third-order valence-corrected chi connectivity index (χ3v) is 4.41. The molecule has 0 amide bonds. The highest BCUT2D eigenvalue weighted by atomic mass is 16.5. The van der Waals surface area contributed by atoms with Crippen LogP contribution in [0.5, 0.6) is 0 Å². The van der Waals surface area contributed by atoms with Crippen LogP contribution in [0.25, 0.3) is 0 Å². The standard InChI is InChI=1S/C13H24N2O2/c1-10-5-4-8-15(10)9-13(14-2,11-6-7-11)12(16)17-3/h10-11,14H,4-9H2,1-3H3. The van der Waals surface area contributed by atoms with Crippen molar-refractivity contribution in [2.45, 2.75) is 44.2 Å². The summed E-state index contributed by atoms with van der Waals surface area (Å²) in [4.78, 5) is 14.6. The maximum Gasteiger partial charge on any atom is 0.327 e. The normalized spacial score (nSPS) is 29.0. The number of ether oxygens (including phenoxy) is 1. The molecule has 2 rings (SSSR count). The molecule has 0 bridgehead atoms. The largest absolute Gasteiger partial charge is 0.468 e. The van der Waals surface area contributed by atoms with Crippen LogP contribution in [0, 0.1) is 5.92 Å². The molecule has 2 unspecified atom stereocenters. The van der Waals surface area contributed by atoms with E-state index in [4.69, 9.17) is 4.74 Å². The van der Waals surface area contributed by atoms with E-state index < -0.39 is 5.54 Å². The molecule has 0 aromatic rings. The number of nitrogens with zero attached hydrogens (tertiary/aromatic N) is 1. The lowest BCUT2D eigenvalue weighted by molar-refractivity contribution is -0.150. The van der Waals surface area contributed by atoms with Crippen LogP contribution in [0.15, 0.2) is 0 Å². The van der Waals surface area contributed by atoms with Crippen molar-refractivity contribution in [3.05, 3.63) is 0 Å². The highest BCUT2D eigenvalue weighted by Crippen LogP contribution is 2.41. The van der Waals surface area contributed by atoms with Crippen molar-refractivity contribution >= 4 is 5.97 Å². The summed E-state index contributed by atoms with van der Waals surface area (Å²) in [7, 11) is 3.38. The molecular formula is C13H24N2O2. The first kappa shape index (κ1) is 12.8. The fourth-order valence-corrected chi connectivity index (χ4v) is 3.05. The Morgan fingerprint density at radius 2 is 2.18 bits per heavy atom. The third-order valence-electron chi connectivity index (χ3n) is 4.41. The summed E-state index contributed by atoms with van der Waals surface area (Å²) in [6.45, 7) is 4.15. The second-order valence-electron chi connectivity index (χ2n) is 5.45. The molecule has 0 spiro atoms. The molecule has 1 N–H and O–H groups in total. The summed E-state index contributed by atoms with van der Waals surface area (Å²) in [6.07, 6.45) is 4.76. The summed E-state index contributed by atoms with van der Waals surface area (Å²) in [6, 6.07) is 0.589. The molecule has 0 aromatic carbocycles. The topological polar surface area (TPSA) is 41.6 Å². The van der Waals surface area contributed by atoms with Crippen LogP contribution >= 0.6 is 0 Å². The summed E-state index contributed by atoms with van der Waals surface area (Å²) in [5.74, 6) is 0.356. The van der Waals surface area contributed by atoms with Gasteiger partial charge in [0.05, 0.1) is 7.11 Å². The summed E-state index contributed by atoms with van der Waals surface area (Å²) >= 11 is 0. The monoisotopic (exact) mass is 240 g/mol. The number of carbonyl (C=O) groups excluding carboxylic acids is 1. The Kier molecular flexibility index (Phi) is 3.73. The molecule has 0 radical (unpaired) electrons. The fraction of sp³-hybridized carbons (Fsp3) is 0.923. The molecule has 1 aliphatic carbocycles. The molecule has 1 heterocycles. The molecule has 4 heteroatoms. The molecule has 2 atom stereocenters. The van der Waals surface area contributed by atoms with Crippen LogP contribution in [-0.4, -0.2) is 49.7 Å². The minimum atomic E-state index is -0.479. The first-order valence-electron chi connectivity index (χ1n) is 6.65. The van der Waals surface area contributed by atoms with Gasteiger partial charge in [-0.2, -0.15) is 0 Å². The number of nitrogens with one attached hydrogen (secondary N) is 1. The van der Waals surface area contributed by atoms with E-state index in [9.17, 15) is 4.79 Å². The Hall–Kier alpha value is -0.610. The van der Waals surface area contributed by atoms with Crippen molar-refractivity contribution < 1.29 is 9.53 Å². The Balaban J connectivity index is 2.11. The number of likely N-dealkylation sites (tertiary alicyclic amines) is 1. The van der Waals surface area contributed by atoms with E-state index in [2.05, 4.69) is 17.1 Å². The van der Waals surface area contributed by atoms with Gasteiger partial charge in [0.15, 0.2) is 0 Å². The minimum absolute atomic E-state index is 0.0957. The predicted molar refractivity (Wildman–Crippen MR) is 66.8 cm³/mol. The van der Waals surface area contributed by atoms with E-state index in [0.717, 1.165) is 25.9 Å². The van der Waals surface area contributed by atoms with Crippen molar-refractivity contribution in [2.24, 2.45) is 5.92 Å². The van der Waals surface area contributed by atoms with Gasteiger partial charge in [0.25, 0.3) is 0 Å². The second-order valence-corrected chi connectivity index (χ2v) is 5.45. The molecule has 98 valence electrons. The van der Waals surface area contributed by atoms with Gasteiger partial charge >= 0.3 is 5.97 Å². The lowest BCUT2D eigenvalue weighted by atomic mass is 9.92. The Labute approximate surface area is 104 Å². The van der Waals surface area contributed by atoms with Crippen LogP contribution in [0.3, 0.4) is 0 Å². The van der Waals surface area contributed by atoms with Crippen molar-refractivity contribution in [3.63, 3.8) is 0 Å². The Morgan fingerprint density at radius 1 is 1.47 bits per heavy atom. The number of carbonyl (C=O) groups is 1. The maximum atomic E-state index is 12.1. The van der Waals surface area contributed by atoms with Crippen LogP contribution < -0.4 is 5.32 Å². The van der Waals surface area contributed by atoms with Gasteiger partial charge in [-0.15, -0.1) is 0 Å². The molecule has 4 nitrogen and oxygen atoms in total. The molecule has 1 aliphatic heterocycles. The van der Waals surface area contributed by atoms with Gasteiger partial charge in [0.2, 0.25) is 0 Å². The van der Waals surface area contributed by atoms with Gasteiger partial charge in [-0.05, 0) is 52.1 Å².